The van der Waals surface area contributed by atoms with Gasteiger partial charge in [-0.25, -0.2) is 4.39 Å². The number of carbonyl (C=O) groups excluding carboxylic acids is 1. The van der Waals surface area contributed by atoms with Crippen molar-refractivity contribution in [2.45, 2.75) is 19.8 Å². The van der Waals surface area contributed by atoms with E-state index in [0.29, 0.717) is 6.54 Å². The molecule has 1 aromatic carbocycles. The zero-order valence-corrected chi connectivity index (χ0v) is 12.2. The number of carbonyl (C=O) groups is 1. The van der Waals surface area contributed by atoms with Crippen molar-refractivity contribution in [3.8, 4) is 11.8 Å². The van der Waals surface area contributed by atoms with Crippen LogP contribution in [0.15, 0.2) is 18.2 Å². The third-order valence-electron chi connectivity index (χ3n) is 2.98. The van der Waals surface area contributed by atoms with Crippen LogP contribution >= 0.6 is 0 Å². The quantitative estimate of drug-likeness (QED) is 0.778. The number of aliphatic hydroxyl groups is 1. The summed E-state index contributed by atoms with van der Waals surface area (Å²) in [7, 11) is 0. The molecule has 3 N–H and O–H groups in total. The number of nitrogens with zero attached hydrogens (tertiary/aromatic N) is 1. The first-order chi connectivity index (χ1) is 10.1. The van der Waals surface area contributed by atoms with E-state index < -0.39 is 5.82 Å². The molecule has 0 spiro atoms. The molecule has 0 saturated carbocycles. The summed E-state index contributed by atoms with van der Waals surface area (Å²) >= 11 is 0. The summed E-state index contributed by atoms with van der Waals surface area (Å²) in [5.74, 6) is 4.36. The normalized spacial score (nSPS) is 9.90. The fraction of sp³-hybridized carbons (Fsp3) is 0.438. The van der Waals surface area contributed by atoms with Gasteiger partial charge in [-0.15, -0.1) is 0 Å². The van der Waals surface area contributed by atoms with Gasteiger partial charge in [-0.2, -0.15) is 0 Å². The van der Waals surface area contributed by atoms with E-state index in [9.17, 15) is 9.18 Å². The van der Waals surface area contributed by atoms with E-state index in [4.69, 9.17) is 10.8 Å². The molecular formula is C16H21FN2O2. The number of hydrogen-bond acceptors (Lipinski definition) is 3. The molecule has 0 aliphatic heterocycles. The van der Waals surface area contributed by atoms with Crippen molar-refractivity contribution in [1.29, 1.82) is 0 Å². The fourth-order valence-corrected chi connectivity index (χ4v) is 1.86. The lowest BCUT2D eigenvalue weighted by atomic mass is 10.1. The van der Waals surface area contributed by atoms with Crippen LogP contribution in [0, 0.1) is 17.7 Å². The second-order valence-electron chi connectivity index (χ2n) is 4.57. The van der Waals surface area contributed by atoms with Gasteiger partial charge >= 0.3 is 0 Å². The van der Waals surface area contributed by atoms with Gasteiger partial charge in [0.15, 0.2) is 0 Å². The summed E-state index contributed by atoms with van der Waals surface area (Å²) in [6, 6.07) is 4.20. The van der Waals surface area contributed by atoms with E-state index in [1.807, 2.05) is 6.92 Å². The first-order valence-corrected chi connectivity index (χ1v) is 7.02. The maximum atomic E-state index is 13.9. The zero-order valence-electron chi connectivity index (χ0n) is 12.2. The van der Waals surface area contributed by atoms with Crippen molar-refractivity contribution in [2.75, 3.05) is 26.2 Å². The van der Waals surface area contributed by atoms with Crippen LogP contribution in [0.4, 0.5) is 4.39 Å². The molecule has 0 bridgehead atoms. The lowest BCUT2D eigenvalue weighted by molar-refractivity contribution is 0.0719. The predicted molar refractivity (Wildman–Crippen MR) is 80.2 cm³/mol. The molecular weight excluding hydrogens is 271 g/mol. The molecule has 4 nitrogen and oxygen atoms in total. The smallest absolute Gasteiger partial charge is 0.254 e. The number of rotatable bonds is 6. The highest BCUT2D eigenvalue weighted by Gasteiger charge is 2.16. The molecule has 21 heavy (non-hydrogen) atoms. The summed E-state index contributed by atoms with van der Waals surface area (Å²) in [6.07, 6.45) is 1.78. The molecule has 0 fully saturated rings. The molecule has 0 radical (unpaired) electrons. The first kappa shape index (κ1) is 17.2. The Hall–Kier alpha value is -1.90. The van der Waals surface area contributed by atoms with Crippen molar-refractivity contribution in [2.24, 2.45) is 5.73 Å². The molecule has 5 heteroatoms. The minimum Gasteiger partial charge on any atom is -0.395 e. The monoisotopic (exact) mass is 292 g/mol. The van der Waals surface area contributed by atoms with E-state index in [1.165, 1.54) is 17.0 Å². The molecule has 0 unspecified atom stereocenters. The van der Waals surface area contributed by atoms with Crippen molar-refractivity contribution < 1.29 is 14.3 Å². The van der Waals surface area contributed by atoms with Gasteiger partial charge in [-0.05, 0) is 24.6 Å². The number of hydrogen-bond donors (Lipinski definition) is 2. The van der Waals surface area contributed by atoms with Gasteiger partial charge in [-0.3, -0.25) is 4.79 Å². The Bertz CT molecular complexity index is 535. The molecule has 0 aliphatic rings. The number of aliphatic hydroxyl groups excluding tert-OH is 1. The molecule has 0 heterocycles. The highest BCUT2D eigenvalue weighted by atomic mass is 19.1. The number of amides is 1. The zero-order chi connectivity index (χ0) is 15.7. The van der Waals surface area contributed by atoms with Crippen molar-refractivity contribution in [3.05, 3.63) is 35.1 Å². The Morgan fingerprint density at radius 1 is 1.43 bits per heavy atom. The maximum absolute atomic E-state index is 13.9. The Morgan fingerprint density at radius 3 is 2.76 bits per heavy atom. The summed E-state index contributed by atoms with van der Waals surface area (Å²) < 4.78 is 13.9. The lowest BCUT2D eigenvalue weighted by Gasteiger charge is -2.21. The Balaban J connectivity index is 2.92. The van der Waals surface area contributed by atoms with Crippen LogP contribution in [0.25, 0.3) is 0 Å². The van der Waals surface area contributed by atoms with Crippen LogP contribution in [0.3, 0.4) is 0 Å². The maximum Gasteiger partial charge on any atom is 0.254 e. The van der Waals surface area contributed by atoms with E-state index >= 15 is 0 Å². The van der Waals surface area contributed by atoms with Gasteiger partial charge < -0.3 is 15.7 Å². The largest absolute Gasteiger partial charge is 0.395 e. The minimum absolute atomic E-state index is 0.113. The van der Waals surface area contributed by atoms with Gasteiger partial charge in [0.2, 0.25) is 0 Å². The minimum atomic E-state index is -0.541. The molecule has 1 rings (SSSR count). The van der Waals surface area contributed by atoms with Gasteiger partial charge in [0.25, 0.3) is 5.91 Å². The Morgan fingerprint density at radius 2 is 2.19 bits per heavy atom. The van der Waals surface area contributed by atoms with Crippen molar-refractivity contribution in [1.82, 2.24) is 4.90 Å². The average Bonchev–Trinajstić information content (AvgIpc) is 2.49. The SMILES string of the molecule is CCCCN(CCO)C(=O)c1ccc(C#CCN)c(F)c1. The van der Waals surface area contributed by atoms with Crippen LogP contribution in [-0.4, -0.2) is 42.2 Å². The highest BCUT2D eigenvalue weighted by molar-refractivity contribution is 5.94. The van der Waals surface area contributed by atoms with Gasteiger partial charge in [0.05, 0.1) is 18.7 Å². The van der Waals surface area contributed by atoms with Crippen LogP contribution in [-0.2, 0) is 0 Å². The lowest BCUT2D eigenvalue weighted by Crippen LogP contribution is -2.34. The van der Waals surface area contributed by atoms with Gasteiger partial charge in [0, 0.05) is 18.7 Å². The van der Waals surface area contributed by atoms with E-state index in [-0.39, 0.29) is 36.7 Å². The average molecular weight is 292 g/mol. The molecule has 0 saturated heterocycles. The molecule has 0 aromatic heterocycles. The van der Waals surface area contributed by atoms with Crippen molar-refractivity contribution >= 4 is 5.91 Å². The standard InChI is InChI=1S/C16H21FN2O2/c1-2-3-9-19(10-11-20)16(21)14-7-6-13(5-4-8-18)15(17)12-14/h6-7,12,20H,2-3,8-11,18H2,1H3. The summed E-state index contributed by atoms with van der Waals surface area (Å²) in [5, 5.41) is 9.03. The fourth-order valence-electron chi connectivity index (χ4n) is 1.86. The van der Waals surface area contributed by atoms with Crippen LogP contribution in [0.5, 0.6) is 0 Å². The summed E-state index contributed by atoms with van der Waals surface area (Å²) in [4.78, 5) is 13.8. The number of halogens is 1. The van der Waals surface area contributed by atoms with E-state index in [1.54, 1.807) is 6.07 Å². The van der Waals surface area contributed by atoms with Gasteiger partial charge in [-0.1, -0.05) is 25.2 Å². The Kier molecular flexibility index (Phi) is 7.44. The van der Waals surface area contributed by atoms with Crippen LogP contribution in [0.1, 0.15) is 35.7 Å². The topological polar surface area (TPSA) is 66.6 Å². The Labute approximate surface area is 124 Å². The number of unbranched alkanes of at least 4 members (excludes halogenated alkanes) is 1. The highest BCUT2D eigenvalue weighted by Crippen LogP contribution is 2.12. The first-order valence-electron chi connectivity index (χ1n) is 7.02. The predicted octanol–water partition coefficient (Wildman–Crippen LogP) is 1.37. The van der Waals surface area contributed by atoms with Crippen molar-refractivity contribution in [3.63, 3.8) is 0 Å². The second kappa shape index (κ2) is 9.11. The molecule has 114 valence electrons. The second-order valence-corrected chi connectivity index (χ2v) is 4.57. The molecule has 1 aromatic rings. The van der Waals surface area contributed by atoms with E-state index in [2.05, 4.69) is 11.8 Å². The number of nitrogens with two attached hydrogens (primary N) is 1. The summed E-state index contributed by atoms with van der Waals surface area (Å²) in [6.45, 7) is 2.85. The summed E-state index contributed by atoms with van der Waals surface area (Å²) in [5.41, 5.74) is 5.72. The van der Waals surface area contributed by atoms with Crippen LogP contribution < -0.4 is 5.73 Å². The molecule has 0 aliphatic carbocycles. The third-order valence-corrected chi connectivity index (χ3v) is 2.98. The van der Waals surface area contributed by atoms with E-state index in [0.717, 1.165) is 12.8 Å². The third kappa shape index (κ3) is 5.18. The molecule has 0 atom stereocenters. The molecule has 1 amide bonds. The van der Waals surface area contributed by atoms with Gasteiger partial charge in [0.1, 0.15) is 5.82 Å². The van der Waals surface area contributed by atoms with Crippen LogP contribution in [0.2, 0.25) is 0 Å². The number of benzene rings is 1.